The fourth-order valence-electron chi connectivity index (χ4n) is 2.33. The van der Waals surface area contributed by atoms with Crippen LogP contribution in [0.15, 0.2) is 46.1 Å². The van der Waals surface area contributed by atoms with Crippen LogP contribution in [0.2, 0.25) is 0 Å². The molecule has 0 saturated carbocycles. The number of rotatable bonds is 3. The number of aromatic amines is 2. The van der Waals surface area contributed by atoms with Crippen molar-refractivity contribution in [3.63, 3.8) is 0 Å². The minimum atomic E-state index is -0.865. The standard InChI is InChI=1S/C14H11N5O4.BrH/c15-11-3-1-2-4-18(11)7-8-5-9(19(22)23)6-10-12(8)17-14(21)13(20)16-10;/h1-6,15H,7H2,(H2,16,17,20,21);1H. The fourth-order valence-corrected chi connectivity index (χ4v) is 2.33. The highest BCUT2D eigenvalue weighted by Gasteiger charge is 2.16. The predicted molar refractivity (Wildman–Crippen MR) is 82.0 cm³/mol. The van der Waals surface area contributed by atoms with E-state index in [0.29, 0.717) is 16.9 Å². The number of nitro groups is 1. The lowest BCUT2D eigenvalue weighted by atomic mass is 10.1. The number of halogens is 1. The van der Waals surface area contributed by atoms with Gasteiger partial charge in [0.25, 0.3) is 11.5 Å². The number of H-pyrrole nitrogens is 2. The van der Waals surface area contributed by atoms with Crippen LogP contribution in [0.3, 0.4) is 0 Å². The second-order valence-corrected chi connectivity index (χ2v) is 4.95. The van der Waals surface area contributed by atoms with Gasteiger partial charge in [-0.3, -0.25) is 25.4 Å². The Labute approximate surface area is 144 Å². The molecule has 124 valence electrons. The van der Waals surface area contributed by atoms with E-state index in [1.54, 1.807) is 29.0 Å². The van der Waals surface area contributed by atoms with E-state index in [4.69, 9.17) is 5.73 Å². The second kappa shape index (κ2) is 6.62. The first-order valence-corrected chi connectivity index (χ1v) is 6.63. The Kier molecular flexibility index (Phi) is 4.79. The first-order chi connectivity index (χ1) is 11.0. The summed E-state index contributed by atoms with van der Waals surface area (Å²) in [6.45, 7) is 0.201. The zero-order valence-corrected chi connectivity index (χ0v) is 13.7. The molecular weight excluding hydrogens is 382 g/mol. The van der Waals surface area contributed by atoms with Gasteiger partial charge in [-0.2, -0.15) is 0 Å². The zero-order chi connectivity index (χ0) is 16.6. The molecule has 0 amide bonds. The molecule has 9 nitrogen and oxygen atoms in total. The number of anilines is 1. The number of nitrogens with zero attached hydrogens (tertiary/aromatic N) is 2. The van der Waals surface area contributed by atoms with E-state index in [2.05, 4.69) is 9.97 Å². The highest BCUT2D eigenvalue weighted by atomic mass is 79.9. The van der Waals surface area contributed by atoms with Crippen LogP contribution in [0, 0.1) is 10.1 Å². The first-order valence-electron chi connectivity index (χ1n) is 6.63. The van der Waals surface area contributed by atoms with Gasteiger partial charge in [-0.1, -0.05) is 6.07 Å². The molecule has 0 unspecified atom stereocenters. The minimum Gasteiger partial charge on any atom is -1.00 e. The van der Waals surface area contributed by atoms with E-state index in [0.717, 1.165) is 0 Å². The van der Waals surface area contributed by atoms with E-state index in [1.165, 1.54) is 12.1 Å². The van der Waals surface area contributed by atoms with Crippen molar-refractivity contribution in [3.8, 4) is 0 Å². The molecule has 10 heteroatoms. The van der Waals surface area contributed by atoms with E-state index < -0.39 is 16.0 Å². The lowest BCUT2D eigenvalue weighted by Crippen LogP contribution is -3.00. The van der Waals surface area contributed by atoms with Crippen molar-refractivity contribution in [1.82, 2.24) is 9.97 Å². The predicted octanol–water partition coefficient (Wildman–Crippen LogP) is -2.95. The maximum absolute atomic E-state index is 11.6. The summed E-state index contributed by atoms with van der Waals surface area (Å²) in [5.74, 6) is 0.457. The summed E-state index contributed by atoms with van der Waals surface area (Å²) in [5, 5.41) is 11.1. The Morgan fingerprint density at radius 1 is 1.17 bits per heavy atom. The van der Waals surface area contributed by atoms with Crippen LogP contribution in [0.5, 0.6) is 0 Å². The molecule has 4 N–H and O–H groups in total. The smallest absolute Gasteiger partial charge is 0.314 e. The summed E-state index contributed by atoms with van der Waals surface area (Å²) in [4.78, 5) is 38.3. The quantitative estimate of drug-likeness (QED) is 0.189. The lowest BCUT2D eigenvalue weighted by molar-refractivity contribution is -0.673. The molecule has 3 rings (SSSR count). The van der Waals surface area contributed by atoms with Gasteiger partial charge in [0.1, 0.15) is 6.54 Å². The lowest BCUT2D eigenvalue weighted by Gasteiger charge is -2.07. The molecule has 3 aromatic rings. The normalized spacial score (nSPS) is 10.3. The Hall–Kier alpha value is -3.01. The van der Waals surface area contributed by atoms with Crippen molar-refractivity contribution < 1.29 is 26.5 Å². The van der Waals surface area contributed by atoms with Gasteiger partial charge in [-0.15, -0.1) is 0 Å². The topological polar surface area (TPSA) is 139 Å². The van der Waals surface area contributed by atoms with E-state index in [9.17, 15) is 19.7 Å². The van der Waals surface area contributed by atoms with Crippen LogP contribution >= 0.6 is 0 Å². The summed E-state index contributed by atoms with van der Waals surface area (Å²) in [7, 11) is 0. The molecule has 2 aromatic heterocycles. The zero-order valence-electron chi connectivity index (χ0n) is 12.2. The van der Waals surface area contributed by atoms with E-state index in [1.807, 2.05) is 0 Å². The average molecular weight is 394 g/mol. The molecule has 0 spiro atoms. The first kappa shape index (κ1) is 17.3. The SMILES string of the molecule is Nc1cccc[n+]1Cc1cc([N+](=O)[O-])cc2[nH]c(=O)c(=O)[nH]c12.[Br-]. The van der Waals surface area contributed by atoms with Gasteiger partial charge >= 0.3 is 11.1 Å². The highest BCUT2D eigenvalue weighted by molar-refractivity contribution is 5.80. The number of non-ortho nitro benzene ring substituents is 1. The number of aromatic nitrogens is 3. The molecule has 0 atom stereocenters. The third kappa shape index (κ3) is 3.18. The Balaban J connectivity index is 0.00000208. The van der Waals surface area contributed by atoms with Crippen molar-refractivity contribution in [2.75, 3.05) is 5.73 Å². The van der Waals surface area contributed by atoms with Crippen molar-refractivity contribution in [1.29, 1.82) is 0 Å². The molecule has 24 heavy (non-hydrogen) atoms. The van der Waals surface area contributed by atoms with Crippen LogP contribution in [0.25, 0.3) is 11.0 Å². The number of hydrogen-bond donors (Lipinski definition) is 3. The number of hydrogen-bond acceptors (Lipinski definition) is 5. The molecule has 2 heterocycles. The highest BCUT2D eigenvalue weighted by Crippen LogP contribution is 2.21. The van der Waals surface area contributed by atoms with Gasteiger partial charge in [0.15, 0.2) is 0 Å². The molecule has 0 bridgehead atoms. The molecule has 1 aromatic carbocycles. The van der Waals surface area contributed by atoms with Gasteiger partial charge in [-0.25, -0.2) is 4.57 Å². The number of fused-ring (bicyclic) bond motifs is 1. The molecular formula is C14H12BrN5O4. The molecule has 0 fully saturated rings. The van der Waals surface area contributed by atoms with Crippen LogP contribution in [0.1, 0.15) is 5.56 Å². The average Bonchev–Trinajstić information content (AvgIpc) is 2.51. The largest absolute Gasteiger partial charge is 1.00 e. The summed E-state index contributed by atoms with van der Waals surface area (Å²) in [5.41, 5.74) is 4.97. The Morgan fingerprint density at radius 3 is 2.54 bits per heavy atom. The van der Waals surface area contributed by atoms with Gasteiger partial charge in [0.05, 0.1) is 22.2 Å². The van der Waals surface area contributed by atoms with Gasteiger partial charge in [0.2, 0.25) is 0 Å². The Morgan fingerprint density at radius 2 is 1.88 bits per heavy atom. The van der Waals surface area contributed by atoms with Crippen molar-refractivity contribution in [2.24, 2.45) is 0 Å². The molecule has 0 aliphatic heterocycles. The van der Waals surface area contributed by atoms with E-state index >= 15 is 0 Å². The molecule has 0 aliphatic carbocycles. The molecule has 0 radical (unpaired) electrons. The van der Waals surface area contributed by atoms with Crippen LogP contribution in [-0.2, 0) is 6.54 Å². The number of nitrogen functional groups attached to an aromatic ring is 1. The van der Waals surface area contributed by atoms with Gasteiger partial charge < -0.3 is 26.9 Å². The summed E-state index contributed by atoms with van der Waals surface area (Å²) in [6, 6.07) is 7.76. The van der Waals surface area contributed by atoms with Gasteiger partial charge in [0, 0.05) is 23.8 Å². The number of nitrogens with one attached hydrogen (secondary N) is 2. The fraction of sp³-hybridized carbons (Fsp3) is 0.0714. The summed E-state index contributed by atoms with van der Waals surface area (Å²) >= 11 is 0. The third-order valence-corrected chi connectivity index (χ3v) is 3.43. The Bertz CT molecular complexity index is 1040. The number of nitro benzene ring substituents is 1. The van der Waals surface area contributed by atoms with Gasteiger partial charge in [-0.05, 0) is 6.07 Å². The number of benzene rings is 1. The maximum Gasteiger partial charge on any atom is 0.314 e. The molecule has 0 saturated heterocycles. The summed E-state index contributed by atoms with van der Waals surface area (Å²) in [6.07, 6.45) is 1.71. The van der Waals surface area contributed by atoms with Crippen molar-refractivity contribution in [2.45, 2.75) is 6.54 Å². The second-order valence-electron chi connectivity index (χ2n) is 4.95. The van der Waals surface area contributed by atoms with Crippen molar-refractivity contribution >= 4 is 22.5 Å². The third-order valence-electron chi connectivity index (χ3n) is 3.43. The van der Waals surface area contributed by atoms with E-state index in [-0.39, 0.29) is 34.7 Å². The maximum atomic E-state index is 11.6. The van der Waals surface area contributed by atoms with Crippen molar-refractivity contribution in [3.05, 3.63) is 72.9 Å². The number of nitrogens with two attached hydrogens (primary N) is 1. The number of pyridine rings is 1. The molecule has 0 aliphatic rings. The minimum absolute atomic E-state index is 0. The van der Waals surface area contributed by atoms with Crippen LogP contribution in [-0.4, -0.2) is 14.9 Å². The van der Waals surface area contributed by atoms with Crippen LogP contribution in [0.4, 0.5) is 11.5 Å². The summed E-state index contributed by atoms with van der Waals surface area (Å²) < 4.78 is 1.67. The van der Waals surface area contributed by atoms with Crippen LogP contribution < -0.4 is 38.4 Å². The monoisotopic (exact) mass is 393 g/mol.